The molecular formula is C12H15NO4. The lowest BCUT2D eigenvalue weighted by Crippen LogP contribution is -2.14. The number of carbonyl (C=O) groups excluding carboxylic acids is 1. The summed E-state index contributed by atoms with van der Waals surface area (Å²) in [6.45, 7) is 3.18. The molecule has 92 valence electrons. The Kier molecular flexibility index (Phi) is 4.51. The largest absolute Gasteiger partial charge is 0.480 e. The number of carboxylic acids is 1. The second kappa shape index (κ2) is 5.89. The lowest BCUT2D eigenvalue weighted by atomic mass is 10.2. The number of ether oxygens (including phenoxy) is 1. The second-order valence-corrected chi connectivity index (χ2v) is 3.58. The van der Waals surface area contributed by atoms with E-state index in [9.17, 15) is 9.59 Å². The first-order valence-corrected chi connectivity index (χ1v) is 5.28. The molecule has 5 nitrogen and oxygen atoms in total. The van der Waals surface area contributed by atoms with Crippen LogP contribution >= 0.6 is 0 Å². The number of rotatable bonds is 5. The quantitative estimate of drug-likeness (QED) is 0.818. The molecule has 1 aromatic rings. The minimum absolute atomic E-state index is 0.143. The molecule has 0 aliphatic carbocycles. The first-order valence-electron chi connectivity index (χ1n) is 5.28. The molecular weight excluding hydrogens is 222 g/mol. The normalized spacial score (nSPS) is 9.76. The summed E-state index contributed by atoms with van der Waals surface area (Å²) in [5.74, 6) is -0.839. The highest BCUT2D eigenvalue weighted by molar-refractivity contribution is 5.92. The first-order chi connectivity index (χ1) is 8.02. The minimum Gasteiger partial charge on any atom is -0.480 e. The van der Waals surface area contributed by atoms with E-state index in [1.165, 1.54) is 0 Å². The van der Waals surface area contributed by atoms with Crippen molar-refractivity contribution in [3.05, 3.63) is 23.8 Å². The Bertz CT molecular complexity index is 429. The van der Waals surface area contributed by atoms with E-state index in [4.69, 9.17) is 9.84 Å². The van der Waals surface area contributed by atoms with Gasteiger partial charge in [0.25, 0.3) is 0 Å². The van der Waals surface area contributed by atoms with Crippen LogP contribution in [0.25, 0.3) is 0 Å². The van der Waals surface area contributed by atoms with Crippen molar-refractivity contribution in [3.63, 3.8) is 0 Å². The van der Waals surface area contributed by atoms with Crippen molar-refractivity contribution >= 4 is 17.6 Å². The number of benzene rings is 1. The second-order valence-electron chi connectivity index (χ2n) is 3.58. The van der Waals surface area contributed by atoms with Crippen molar-refractivity contribution in [3.8, 4) is 5.75 Å². The third-order valence-corrected chi connectivity index (χ3v) is 2.08. The van der Waals surface area contributed by atoms with Gasteiger partial charge in [0.05, 0.1) is 5.69 Å². The van der Waals surface area contributed by atoms with Crippen LogP contribution in [0.15, 0.2) is 18.2 Å². The zero-order chi connectivity index (χ0) is 12.8. The van der Waals surface area contributed by atoms with Gasteiger partial charge in [-0.15, -0.1) is 0 Å². The summed E-state index contributed by atoms with van der Waals surface area (Å²) < 4.78 is 5.08. The van der Waals surface area contributed by atoms with Crippen LogP contribution in [0.4, 0.5) is 5.69 Å². The number of carbonyl (C=O) groups is 2. The van der Waals surface area contributed by atoms with Crippen molar-refractivity contribution in [2.24, 2.45) is 0 Å². The summed E-state index contributed by atoms with van der Waals surface area (Å²) in [5, 5.41) is 11.2. The Hall–Kier alpha value is -2.04. The predicted octanol–water partition coefficient (Wildman–Crippen LogP) is 1.81. The van der Waals surface area contributed by atoms with Gasteiger partial charge >= 0.3 is 5.97 Å². The fourth-order valence-corrected chi connectivity index (χ4v) is 1.25. The Balaban J connectivity index is 2.87. The molecule has 1 aromatic carbocycles. The number of aryl methyl sites for hydroxylation is 1. The highest BCUT2D eigenvalue weighted by Crippen LogP contribution is 2.25. The molecule has 5 heteroatoms. The van der Waals surface area contributed by atoms with Crippen LogP contribution in [0.3, 0.4) is 0 Å². The SMILES string of the molecule is CCC(=O)Nc1cc(C)ccc1OCC(=O)O. The first kappa shape index (κ1) is 13.0. The zero-order valence-corrected chi connectivity index (χ0v) is 9.82. The molecule has 0 radical (unpaired) electrons. The van der Waals surface area contributed by atoms with Crippen molar-refractivity contribution in [1.29, 1.82) is 0 Å². The maximum Gasteiger partial charge on any atom is 0.341 e. The van der Waals surface area contributed by atoms with Gasteiger partial charge in [0.2, 0.25) is 5.91 Å². The molecule has 17 heavy (non-hydrogen) atoms. The predicted molar refractivity (Wildman–Crippen MR) is 63.2 cm³/mol. The topological polar surface area (TPSA) is 75.6 Å². The maximum atomic E-state index is 11.3. The summed E-state index contributed by atoms with van der Waals surface area (Å²) in [5.41, 5.74) is 1.46. The number of carboxylic acid groups (broad SMARTS) is 1. The van der Waals surface area contributed by atoms with Gasteiger partial charge in [0, 0.05) is 6.42 Å². The van der Waals surface area contributed by atoms with E-state index in [2.05, 4.69) is 5.32 Å². The van der Waals surface area contributed by atoms with Gasteiger partial charge < -0.3 is 15.2 Å². The average molecular weight is 237 g/mol. The number of hydrogen-bond acceptors (Lipinski definition) is 3. The molecule has 2 N–H and O–H groups in total. The average Bonchev–Trinajstić information content (AvgIpc) is 2.27. The molecule has 0 saturated heterocycles. The van der Waals surface area contributed by atoms with Gasteiger partial charge in [-0.3, -0.25) is 4.79 Å². The molecule has 0 atom stereocenters. The molecule has 0 saturated carbocycles. The molecule has 1 amide bonds. The highest BCUT2D eigenvalue weighted by atomic mass is 16.5. The Morgan fingerprint density at radius 3 is 2.71 bits per heavy atom. The van der Waals surface area contributed by atoms with Crippen LogP contribution in [-0.2, 0) is 9.59 Å². The van der Waals surface area contributed by atoms with Crippen LogP contribution in [0.2, 0.25) is 0 Å². The molecule has 0 aliphatic rings. The van der Waals surface area contributed by atoms with Gasteiger partial charge in [0.15, 0.2) is 6.61 Å². The number of hydrogen-bond donors (Lipinski definition) is 2. The van der Waals surface area contributed by atoms with E-state index >= 15 is 0 Å². The molecule has 0 unspecified atom stereocenters. The van der Waals surface area contributed by atoms with Crippen LogP contribution in [0, 0.1) is 6.92 Å². The summed E-state index contributed by atoms with van der Waals surface area (Å²) >= 11 is 0. The molecule has 0 fully saturated rings. The van der Waals surface area contributed by atoms with Gasteiger partial charge in [0.1, 0.15) is 5.75 Å². The van der Waals surface area contributed by atoms with Gasteiger partial charge in [-0.2, -0.15) is 0 Å². The summed E-state index contributed by atoms with van der Waals surface area (Å²) in [6, 6.07) is 5.17. The summed E-state index contributed by atoms with van der Waals surface area (Å²) in [4.78, 5) is 21.7. The van der Waals surface area contributed by atoms with Crippen LogP contribution in [0.1, 0.15) is 18.9 Å². The molecule has 1 rings (SSSR count). The van der Waals surface area contributed by atoms with E-state index in [1.54, 1.807) is 25.1 Å². The Labute approximate surface area is 99.4 Å². The molecule has 0 spiro atoms. The number of anilines is 1. The monoisotopic (exact) mass is 237 g/mol. The smallest absolute Gasteiger partial charge is 0.341 e. The van der Waals surface area contributed by atoms with E-state index in [0.717, 1.165) is 5.56 Å². The fourth-order valence-electron chi connectivity index (χ4n) is 1.25. The summed E-state index contributed by atoms with van der Waals surface area (Å²) in [7, 11) is 0. The third-order valence-electron chi connectivity index (χ3n) is 2.08. The Morgan fingerprint density at radius 1 is 1.41 bits per heavy atom. The van der Waals surface area contributed by atoms with Crippen molar-refractivity contribution < 1.29 is 19.4 Å². The van der Waals surface area contributed by atoms with Gasteiger partial charge in [-0.1, -0.05) is 13.0 Å². The van der Waals surface area contributed by atoms with Crippen molar-refractivity contribution in [2.75, 3.05) is 11.9 Å². The van der Waals surface area contributed by atoms with E-state index in [-0.39, 0.29) is 5.91 Å². The van der Waals surface area contributed by atoms with Crippen LogP contribution < -0.4 is 10.1 Å². The summed E-state index contributed by atoms with van der Waals surface area (Å²) in [6.07, 6.45) is 0.353. The molecule has 0 heterocycles. The van der Waals surface area contributed by atoms with Crippen molar-refractivity contribution in [1.82, 2.24) is 0 Å². The molecule has 0 aromatic heterocycles. The minimum atomic E-state index is -1.06. The standard InChI is InChI=1S/C12H15NO4/c1-3-11(14)13-9-6-8(2)4-5-10(9)17-7-12(15)16/h4-6H,3,7H2,1-2H3,(H,13,14)(H,15,16). The maximum absolute atomic E-state index is 11.3. The molecule has 0 bridgehead atoms. The number of nitrogens with one attached hydrogen (secondary N) is 1. The van der Waals surface area contributed by atoms with Gasteiger partial charge in [-0.25, -0.2) is 4.79 Å². The lowest BCUT2D eigenvalue weighted by molar-refractivity contribution is -0.139. The molecule has 0 aliphatic heterocycles. The van der Waals surface area contributed by atoms with Crippen LogP contribution in [-0.4, -0.2) is 23.6 Å². The van der Waals surface area contributed by atoms with Crippen LogP contribution in [0.5, 0.6) is 5.75 Å². The number of aliphatic carboxylic acids is 1. The van der Waals surface area contributed by atoms with Crippen molar-refractivity contribution in [2.45, 2.75) is 20.3 Å². The highest BCUT2D eigenvalue weighted by Gasteiger charge is 2.08. The van der Waals surface area contributed by atoms with E-state index in [1.807, 2.05) is 6.92 Å². The van der Waals surface area contributed by atoms with E-state index < -0.39 is 12.6 Å². The lowest BCUT2D eigenvalue weighted by Gasteiger charge is -2.11. The number of amides is 1. The third kappa shape index (κ3) is 4.14. The fraction of sp³-hybridized carbons (Fsp3) is 0.333. The van der Waals surface area contributed by atoms with E-state index in [0.29, 0.717) is 17.9 Å². The zero-order valence-electron chi connectivity index (χ0n) is 9.82. The Morgan fingerprint density at radius 2 is 2.12 bits per heavy atom. The van der Waals surface area contributed by atoms with Gasteiger partial charge in [-0.05, 0) is 24.6 Å².